The van der Waals surface area contributed by atoms with Crippen LogP contribution >= 0.6 is 11.8 Å². The molecule has 0 saturated heterocycles. The molecule has 0 saturated carbocycles. The van der Waals surface area contributed by atoms with Gasteiger partial charge in [-0.1, -0.05) is 19.1 Å². The van der Waals surface area contributed by atoms with E-state index >= 15 is 0 Å². The molecule has 22 heavy (non-hydrogen) atoms. The largest absolute Gasteiger partial charge is 0.370 e. The van der Waals surface area contributed by atoms with E-state index in [1.807, 2.05) is 12.1 Å². The summed E-state index contributed by atoms with van der Waals surface area (Å²) in [6, 6.07) is 14.6. The van der Waals surface area contributed by atoms with Gasteiger partial charge in [0.15, 0.2) is 5.96 Å². The predicted molar refractivity (Wildman–Crippen MR) is 93.1 cm³/mol. The summed E-state index contributed by atoms with van der Waals surface area (Å²) in [7, 11) is 0. The number of benzene rings is 2. The average Bonchev–Trinajstić information content (AvgIpc) is 2.53. The molecule has 0 amide bonds. The molecule has 0 unspecified atom stereocenters. The number of guanidine groups is 1. The van der Waals surface area contributed by atoms with Crippen molar-refractivity contribution in [2.75, 3.05) is 17.6 Å². The van der Waals surface area contributed by atoms with Crippen LogP contribution in [-0.4, -0.2) is 18.3 Å². The third-order valence-electron chi connectivity index (χ3n) is 3.06. The number of hydrogen-bond acceptors (Lipinski definition) is 2. The summed E-state index contributed by atoms with van der Waals surface area (Å²) in [4.78, 5) is 5.32. The number of nitrogens with one attached hydrogen (secondary N) is 1. The Morgan fingerprint density at radius 2 is 2.00 bits per heavy atom. The van der Waals surface area contributed by atoms with Crippen LogP contribution in [0.3, 0.4) is 0 Å². The van der Waals surface area contributed by atoms with Gasteiger partial charge in [-0.05, 0) is 48.4 Å². The first kappa shape index (κ1) is 16.4. The number of nitrogens with zero attached hydrogens (tertiary/aromatic N) is 1. The van der Waals surface area contributed by atoms with Gasteiger partial charge < -0.3 is 11.1 Å². The van der Waals surface area contributed by atoms with Gasteiger partial charge in [0.1, 0.15) is 5.82 Å². The van der Waals surface area contributed by atoms with Gasteiger partial charge in [0.2, 0.25) is 0 Å². The SMILES string of the molecule is CCc1cccc(NC(N)=NCCSc2ccc(F)cc2)c1. The molecular formula is C17H20FN3S. The van der Waals surface area contributed by atoms with Crippen molar-refractivity contribution in [1.29, 1.82) is 0 Å². The van der Waals surface area contributed by atoms with E-state index in [9.17, 15) is 4.39 Å². The van der Waals surface area contributed by atoms with Crippen LogP contribution in [0.5, 0.6) is 0 Å². The van der Waals surface area contributed by atoms with Crippen molar-refractivity contribution in [2.24, 2.45) is 10.7 Å². The zero-order valence-corrected chi connectivity index (χ0v) is 13.4. The summed E-state index contributed by atoms with van der Waals surface area (Å²) in [5, 5.41) is 3.09. The van der Waals surface area contributed by atoms with Crippen molar-refractivity contribution in [3.05, 3.63) is 59.9 Å². The molecule has 2 rings (SSSR count). The fraction of sp³-hybridized carbons (Fsp3) is 0.235. The number of rotatable bonds is 6. The molecule has 2 aromatic rings. The van der Waals surface area contributed by atoms with Gasteiger partial charge in [0.25, 0.3) is 0 Å². The number of aryl methyl sites for hydroxylation is 1. The molecule has 0 atom stereocenters. The van der Waals surface area contributed by atoms with Crippen LogP contribution < -0.4 is 11.1 Å². The molecular weight excluding hydrogens is 297 g/mol. The number of thioether (sulfide) groups is 1. The normalized spacial score (nSPS) is 11.5. The number of nitrogens with two attached hydrogens (primary N) is 1. The Morgan fingerprint density at radius 1 is 1.23 bits per heavy atom. The smallest absolute Gasteiger partial charge is 0.193 e. The second-order valence-corrected chi connectivity index (χ2v) is 5.92. The lowest BCUT2D eigenvalue weighted by Gasteiger charge is -2.07. The van der Waals surface area contributed by atoms with Crippen LogP contribution in [0, 0.1) is 5.82 Å². The van der Waals surface area contributed by atoms with Crippen molar-refractivity contribution in [2.45, 2.75) is 18.2 Å². The Bertz CT molecular complexity index is 626. The third kappa shape index (κ3) is 5.41. The highest BCUT2D eigenvalue weighted by molar-refractivity contribution is 7.99. The molecule has 0 aliphatic rings. The van der Waals surface area contributed by atoms with E-state index in [1.165, 1.54) is 17.7 Å². The first-order chi connectivity index (χ1) is 10.7. The molecule has 0 fully saturated rings. The minimum atomic E-state index is -0.217. The molecule has 0 aliphatic heterocycles. The average molecular weight is 317 g/mol. The second-order valence-electron chi connectivity index (χ2n) is 4.75. The summed E-state index contributed by atoms with van der Waals surface area (Å²) in [5.41, 5.74) is 8.08. The summed E-state index contributed by atoms with van der Waals surface area (Å²) in [6.07, 6.45) is 0.987. The van der Waals surface area contributed by atoms with E-state index in [0.29, 0.717) is 12.5 Å². The minimum absolute atomic E-state index is 0.217. The van der Waals surface area contributed by atoms with Crippen LogP contribution in [0.15, 0.2) is 58.4 Å². The van der Waals surface area contributed by atoms with Crippen molar-refractivity contribution >= 4 is 23.4 Å². The van der Waals surface area contributed by atoms with Gasteiger partial charge in [0, 0.05) is 16.3 Å². The zero-order chi connectivity index (χ0) is 15.8. The molecule has 0 aliphatic carbocycles. The highest BCUT2D eigenvalue weighted by Gasteiger charge is 1.97. The van der Waals surface area contributed by atoms with E-state index in [1.54, 1.807) is 23.9 Å². The lowest BCUT2D eigenvalue weighted by Crippen LogP contribution is -2.23. The summed E-state index contributed by atoms with van der Waals surface area (Å²) < 4.78 is 12.8. The number of anilines is 1. The Kier molecular flexibility index (Phi) is 6.27. The fourth-order valence-electron chi connectivity index (χ4n) is 1.92. The maximum atomic E-state index is 12.8. The van der Waals surface area contributed by atoms with Crippen molar-refractivity contribution in [3.63, 3.8) is 0 Å². The Hall–Kier alpha value is -2.01. The molecule has 116 valence electrons. The first-order valence-electron chi connectivity index (χ1n) is 7.21. The Labute approximate surface area is 134 Å². The minimum Gasteiger partial charge on any atom is -0.370 e. The standard InChI is InChI=1S/C17H20FN3S/c1-2-13-4-3-5-15(12-13)21-17(19)20-10-11-22-16-8-6-14(18)7-9-16/h3-9,12H,2,10-11H2,1H3,(H3,19,20,21). The van der Waals surface area contributed by atoms with Crippen molar-refractivity contribution < 1.29 is 4.39 Å². The van der Waals surface area contributed by atoms with E-state index < -0.39 is 0 Å². The molecule has 3 nitrogen and oxygen atoms in total. The maximum absolute atomic E-state index is 12.8. The molecule has 0 heterocycles. The second kappa shape index (κ2) is 8.44. The monoisotopic (exact) mass is 317 g/mol. The van der Waals surface area contributed by atoms with E-state index in [-0.39, 0.29) is 5.82 Å². The predicted octanol–water partition coefficient (Wildman–Crippen LogP) is 3.91. The Morgan fingerprint density at radius 3 is 2.73 bits per heavy atom. The van der Waals surface area contributed by atoms with Crippen LogP contribution in [0.2, 0.25) is 0 Å². The van der Waals surface area contributed by atoms with Crippen LogP contribution in [0.1, 0.15) is 12.5 Å². The van der Waals surface area contributed by atoms with Gasteiger partial charge in [-0.2, -0.15) is 0 Å². The molecule has 5 heteroatoms. The molecule has 3 N–H and O–H groups in total. The van der Waals surface area contributed by atoms with E-state index in [0.717, 1.165) is 22.8 Å². The third-order valence-corrected chi connectivity index (χ3v) is 4.06. The van der Waals surface area contributed by atoms with E-state index in [4.69, 9.17) is 5.73 Å². The topological polar surface area (TPSA) is 50.4 Å². The van der Waals surface area contributed by atoms with Crippen LogP contribution in [0.25, 0.3) is 0 Å². The van der Waals surface area contributed by atoms with E-state index in [2.05, 4.69) is 29.4 Å². The Balaban J connectivity index is 1.78. The fourth-order valence-corrected chi connectivity index (χ4v) is 2.66. The van der Waals surface area contributed by atoms with Gasteiger partial charge in [-0.15, -0.1) is 11.8 Å². The van der Waals surface area contributed by atoms with Crippen molar-refractivity contribution in [3.8, 4) is 0 Å². The lowest BCUT2D eigenvalue weighted by atomic mass is 10.1. The molecule has 0 spiro atoms. The van der Waals surface area contributed by atoms with Gasteiger partial charge >= 0.3 is 0 Å². The van der Waals surface area contributed by atoms with Crippen LogP contribution in [0.4, 0.5) is 10.1 Å². The van der Waals surface area contributed by atoms with Gasteiger partial charge in [0.05, 0.1) is 6.54 Å². The van der Waals surface area contributed by atoms with Gasteiger partial charge in [-0.25, -0.2) is 4.39 Å². The lowest BCUT2D eigenvalue weighted by molar-refractivity contribution is 0.626. The number of aliphatic imine (C=N–C) groups is 1. The highest BCUT2D eigenvalue weighted by Crippen LogP contribution is 2.17. The van der Waals surface area contributed by atoms with Crippen LogP contribution in [-0.2, 0) is 6.42 Å². The number of hydrogen-bond donors (Lipinski definition) is 2. The number of halogens is 1. The zero-order valence-electron chi connectivity index (χ0n) is 12.6. The summed E-state index contributed by atoms with van der Waals surface area (Å²) in [5.74, 6) is 0.987. The quantitative estimate of drug-likeness (QED) is 0.368. The first-order valence-corrected chi connectivity index (χ1v) is 8.20. The van der Waals surface area contributed by atoms with Crippen molar-refractivity contribution in [1.82, 2.24) is 0 Å². The summed E-state index contributed by atoms with van der Waals surface area (Å²) in [6.45, 7) is 2.72. The highest BCUT2D eigenvalue weighted by atomic mass is 32.2. The molecule has 2 aromatic carbocycles. The van der Waals surface area contributed by atoms with Gasteiger partial charge in [-0.3, -0.25) is 4.99 Å². The molecule has 0 aromatic heterocycles. The molecule has 0 bridgehead atoms. The summed E-state index contributed by atoms with van der Waals surface area (Å²) >= 11 is 1.63. The maximum Gasteiger partial charge on any atom is 0.193 e. The molecule has 0 radical (unpaired) electrons.